The third-order valence-electron chi connectivity index (χ3n) is 2.96. The molecule has 6 heteroatoms. The van der Waals surface area contributed by atoms with Gasteiger partial charge in [-0.25, -0.2) is 5.43 Å². The van der Waals surface area contributed by atoms with Crippen molar-refractivity contribution in [3.63, 3.8) is 0 Å². The summed E-state index contributed by atoms with van der Waals surface area (Å²) in [5, 5.41) is 4.26. The molecule has 0 aliphatic rings. The van der Waals surface area contributed by atoms with Crippen molar-refractivity contribution in [3.05, 3.63) is 65.2 Å². The van der Waals surface area contributed by atoms with E-state index in [1.54, 1.807) is 37.5 Å². The highest BCUT2D eigenvalue weighted by Crippen LogP contribution is 2.22. The normalized spacial score (nSPS) is 10.9. The summed E-state index contributed by atoms with van der Waals surface area (Å²) < 4.78 is 10.5. The number of methoxy groups -OCH3 is 1. The molecule has 0 aliphatic carbocycles. The Morgan fingerprint density at radius 1 is 1.17 bits per heavy atom. The van der Waals surface area contributed by atoms with E-state index >= 15 is 0 Å². The van der Waals surface area contributed by atoms with Crippen LogP contribution in [0.3, 0.4) is 0 Å². The van der Waals surface area contributed by atoms with Crippen molar-refractivity contribution in [2.45, 2.75) is 0 Å². The minimum Gasteiger partial charge on any atom is -0.496 e. The molecule has 0 atom stereocenters. The molecule has 2 aromatic rings. The molecule has 24 heavy (non-hydrogen) atoms. The Balaban J connectivity index is 1.78. The van der Waals surface area contributed by atoms with Crippen molar-refractivity contribution in [3.8, 4) is 11.5 Å². The standard InChI is InChI=1S/C18H17ClN2O3/c1-23-16-10-4-2-7-14(16)8-6-12-20-21-18(22)13-24-17-11-5-3-9-15(17)19/h2-12H,13H2,1H3,(H,21,22)/b8-6+,20-12+. The SMILES string of the molecule is COc1ccccc1/C=C/C=N/NC(=O)COc1ccccc1Cl. The Bertz CT molecular complexity index is 745. The minimum absolute atomic E-state index is 0.169. The van der Waals surface area contributed by atoms with Gasteiger partial charge in [-0.15, -0.1) is 0 Å². The van der Waals surface area contributed by atoms with Crippen LogP contribution in [0.5, 0.6) is 11.5 Å². The second-order valence-electron chi connectivity index (χ2n) is 4.63. The lowest BCUT2D eigenvalue weighted by Crippen LogP contribution is -2.24. The van der Waals surface area contributed by atoms with E-state index in [0.717, 1.165) is 11.3 Å². The van der Waals surface area contributed by atoms with Gasteiger partial charge in [0, 0.05) is 11.8 Å². The summed E-state index contributed by atoms with van der Waals surface area (Å²) in [4.78, 5) is 11.6. The molecule has 0 radical (unpaired) electrons. The molecule has 0 heterocycles. The summed E-state index contributed by atoms with van der Waals surface area (Å²) >= 11 is 5.93. The maximum absolute atomic E-state index is 11.6. The first-order chi connectivity index (χ1) is 11.7. The lowest BCUT2D eigenvalue weighted by molar-refractivity contribution is -0.123. The Hall–Kier alpha value is -2.79. The number of ether oxygens (including phenoxy) is 2. The number of nitrogens with one attached hydrogen (secondary N) is 1. The number of amides is 1. The molecular weight excluding hydrogens is 328 g/mol. The van der Waals surface area contributed by atoms with Gasteiger partial charge in [0.1, 0.15) is 11.5 Å². The van der Waals surface area contributed by atoms with Gasteiger partial charge in [0.2, 0.25) is 0 Å². The van der Waals surface area contributed by atoms with E-state index in [9.17, 15) is 4.79 Å². The summed E-state index contributed by atoms with van der Waals surface area (Å²) in [5.41, 5.74) is 3.28. The van der Waals surface area contributed by atoms with Gasteiger partial charge < -0.3 is 9.47 Å². The fraction of sp³-hybridized carbons (Fsp3) is 0.111. The molecule has 2 aromatic carbocycles. The fourth-order valence-corrected chi connectivity index (χ4v) is 2.03. The van der Waals surface area contributed by atoms with Crippen molar-refractivity contribution < 1.29 is 14.3 Å². The molecular formula is C18H17ClN2O3. The zero-order chi connectivity index (χ0) is 17.2. The maximum atomic E-state index is 11.6. The van der Waals surface area contributed by atoms with Crippen molar-refractivity contribution >= 4 is 29.8 Å². The quantitative estimate of drug-likeness (QED) is 0.617. The fourth-order valence-electron chi connectivity index (χ4n) is 1.84. The number of rotatable bonds is 7. The first kappa shape index (κ1) is 17.6. The van der Waals surface area contributed by atoms with Crippen LogP contribution >= 0.6 is 11.6 Å². The molecule has 5 nitrogen and oxygen atoms in total. The summed E-state index contributed by atoms with van der Waals surface area (Å²) in [6, 6.07) is 14.5. The van der Waals surface area contributed by atoms with E-state index < -0.39 is 0 Å². The Morgan fingerprint density at radius 3 is 2.62 bits per heavy atom. The third kappa shape index (κ3) is 5.44. The smallest absolute Gasteiger partial charge is 0.277 e. The third-order valence-corrected chi connectivity index (χ3v) is 3.27. The molecule has 0 saturated carbocycles. The van der Waals surface area contributed by atoms with Crippen molar-refractivity contribution in [1.29, 1.82) is 0 Å². The zero-order valence-corrected chi connectivity index (χ0v) is 13.9. The van der Waals surface area contributed by atoms with Crippen LogP contribution in [0.1, 0.15) is 5.56 Å². The van der Waals surface area contributed by atoms with Crippen LogP contribution in [-0.2, 0) is 4.79 Å². The van der Waals surface area contributed by atoms with Crippen molar-refractivity contribution in [2.75, 3.05) is 13.7 Å². The van der Waals surface area contributed by atoms with Crippen LogP contribution in [0, 0.1) is 0 Å². The molecule has 0 aliphatic heterocycles. The summed E-state index contributed by atoms with van der Waals surface area (Å²) in [6.07, 6.45) is 5.00. The number of para-hydroxylation sites is 2. The van der Waals surface area contributed by atoms with Gasteiger partial charge in [0.15, 0.2) is 6.61 Å². The number of carbonyl (C=O) groups is 1. The van der Waals surface area contributed by atoms with E-state index in [1.807, 2.05) is 30.3 Å². The van der Waals surface area contributed by atoms with Gasteiger partial charge in [0.25, 0.3) is 5.91 Å². The lowest BCUT2D eigenvalue weighted by atomic mass is 10.2. The molecule has 1 N–H and O–H groups in total. The zero-order valence-electron chi connectivity index (χ0n) is 13.1. The number of hydrogen-bond acceptors (Lipinski definition) is 4. The average Bonchev–Trinajstić information content (AvgIpc) is 2.61. The van der Waals surface area contributed by atoms with Crippen LogP contribution in [-0.4, -0.2) is 25.8 Å². The number of halogens is 1. The lowest BCUT2D eigenvalue weighted by Gasteiger charge is -2.06. The number of allylic oxidation sites excluding steroid dienone is 1. The van der Waals surface area contributed by atoms with Gasteiger partial charge in [-0.1, -0.05) is 41.9 Å². The largest absolute Gasteiger partial charge is 0.496 e. The molecule has 0 spiro atoms. The van der Waals surface area contributed by atoms with E-state index in [2.05, 4.69) is 10.5 Å². The van der Waals surface area contributed by atoms with E-state index in [1.165, 1.54) is 6.21 Å². The van der Waals surface area contributed by atoms with Crippen molar-refractivity contribution in [2.24, 2.45) is 5.10 Å². The number of hydrogen-bond donors (Lipinski definition) is 1. The minimum atomic E-state index is -0.378. The first-order valence-electron chi connectivity index (χ1n) is 7.19. The number of nitrogens with zero attached hydrogens (tertiary/aromatic N) is 1. The molecule has 1 amide bonds. The molecule has 2 rings (SSSR count). The second-order valence-corrected chi connectivity index (χ2v) is 5.04. The average molecular weight is 345 g/mol. The van der Waals surface area contributed by atoms with Crippen LogP contribution in [0.4, 0.5) is 0 Å². The predicted octanol–water partition coefficient (Wildman–Crippen LogP) is 3.54. The summed E-state index contributed by atoms with van der Waals surface area (Å²) in [5.74, 6) is 0.838. The van der Waals surface area contributed by atoms with Gasteiger partial charge >= 0.3 is 0 Å². The molecule has 0 bridgehead atoms. The maximum Gasteiger partial charge on any atom is 0.277 e. The molecule has 0 aromatic heterocycles. The predicted molar refractivity (Wildman–Crippen MR) is 95.6 cm³/mol. The Labute approximate surface area is 145 Å². The molecule has 0 unspecified atom stereocenters. The van der Waals surface area contributed by atoms with Gasteiger partial charge in [-0.05, 0) is 30.4 Å². The van der Waals surface area contributed by atoms with Crippen LogP contribution in [0.2, 0.25) is 5.02 Å². The van der Waals surface area contributed by atoms with Gasteiger partial charge in [-0.2, -0.15) is 5.10 Å². The number of hydrazone groups is 1. The number of carbonyl (C=O) groups excluding carboxylic acids is 1. The van der Waals surface area contributed by atoms with Crippen LogP contribution in [0.25, 0.3) is 6.08 Å². The summed E-state index contributed by atoms with van der Waals surface area (Å²) in [7, 11) is 1.61. The van der Waals surface area contributed by atoms with Gasteiger partial charge in [-0.3, -0.25) is 4.79 Å². The van der Waals surface area contributed by atoms with E-state index in [0.29, 0.717) is 10.8 Å². The molecule has 124 valence electrons. The van der Waals surface area contributed by atoms with Crippen molar-refractivity contribution in [1.82, 2.24) is 5.43 Å². The van der Waals surface area contributed by atoms with Gasteiger partial charge in [0.05, 0.1) is 12.1 Å². The molecule has 0 saturated heterocycles. The topological polar surface area (TPSA) is 59.9 Å². The Morgan fingerprint density at radius 2 is 1.88 bits per heavy atom. The summed E-state index contributed by atoms with van der Waals surface area (Å²) in [6.45, 7) is -0.169. The van der Waals surface area contributed by atoms with E-state index in [-0.39, 0.29) is 12.5 Å². The number of benzene rings is 2. The highest BCUT2D eigenvalue weighted by Gasteiger charge is 2.03. The monoisotopic (exact) mass is 344 g/mol. The highest BCUT2D eigenvalue weighted by atomic mass is 35.5. The molecule has 0 fully saturated rings. The van der Waals surface area contributed by atoms with Crippen LogP contribution in [0.15, 0.2) is 59.7 Å². The highest BCUT2D eigenvalue weighted by molar-refractivity contribution is 6.32. The Kier molecular flexibility index (Phi) is 6.86. The first-order valence-corrected chi connectivity index (χ1v) is 7.57. The second kappa shape index (κ2) is 9.37. The van der Waals surface area contributed by atoms with Crippen LogP contribution < -0.4 is 14.9 Å². The van der Waals surface area contributed by atoms with E-state index in [4.69, 9.17) is 21.1 Å².